The summed E-state index contributed by atoms with van der Waals surface area (Å²) in [5.74, 6) is 0.817. The molecule has 2 heteroatoms. The van der Waals surface area contributed by atoms with E-state index < -0.39 is 0 Å². The van der Waals surface area contributed by atoms with E-state index in [0.717, 1.165) is 18.5 Å². The molecule has 1 saturated carbocycles. The third-order valence-corrected chi connectivity index (χ3v) is 3.87. The van der Waals surface area contributed by atoms with Crippen molar-refractivity contribution in [2.24, 2.45) is 5.92 Å². The molecule has 1 aliphatic rings. The molecule has 0 aliphatic heterocycles. The quantitative estimate of drug-likeness (QED) is 0.718. The van der Waals surface area contributed by atoms with Gasteiger partial charge in [0.05, 0.1) is 0 Å². The lowest BCUT2D eigenvalue weighted by atomic mass is 10.1. The van der Waals surface area contributed by atoms with Gasteiger partial charge in [-0.05, 0) is 45.7 Å². The number of nitrogens with zero attached hydrogens (tertiary/aromatic N) is 1. The molecule has 1 unspecified atom stereocenters. The lowest BCUT2D eigenvalue weighted by Gasteiger charge is -2.27. The highest BCUT2D eigenvalue weighted by atomic mass is 15.1. The third kappa shape index (κ3) is 5.31. The van der Waals surface area contributed by atoms with Gasteiger partial charge in [-0.3, -0.25) is 0 Å². The van der Waals surface area contributed by atoms with Crippen molar-refractivity contribution in [1.29, 1.82) is 0 Å². The summed E-state index contributed by atoms with van der Waals surface area (Å²) >= 11 is 0. The van der Waals surface area contributed by atoms with Crippen molar-refractivity contribution in [3.63, 3.8) is 0 Å². The van der Waals surface area contributed by atoms with Gasteiger partial charge >= 0.3 is 0 Å². The van der Waals surface area contributed by atoms with E-state index in [0.29, 0.717) is 6.04 Å². The van der Waals surface area contributed by atoms with E-state index in [9.17, 15) is 0 Å². The van der Waals surface area contributed by atoms with Crippen LogP contribution in [0.25, 0.3) is 0 Å². The lowest BCUT2D eigenvalue weighted by molar-refractivity contribution is 0.232. The zero-order chi connectivity index (χ0) is 12.0. The van der Waals surface area contributed by atoms with Crippen LogP contribution in [0.3, 0.4) is 0 Å². The Balaban J connectivity index is 2.10. The average molecular weight is 226 g/mol. The molecular weight excluding hydrogens is 196 g/mol. The van der Waals surface area contributed by atoms with Crippen molar-refractivity contribution in [1.82, 2.24) is 10.2 Å². The Kier molecular flexibility index (Phi) is 6.37. The summed E-state index contributed by atoms with van der Waals surface area (Å²) in [6, 6.07) is 1.47. The van der Waals surface area contributed by atoms with Crippen LogP contribution in [-0.2, 0) is 0 Å². The number of nitrogens with one attached hydrogen (secondary N) is 1. The average Bonchev–Trinajstić information content (AvgIpc) is 2.75. The second kappa shape index (κ2) is 7.29. The zero-order valence-electron chi connectivity index (χ0n) is 11.6. The monoisotopic (exact) mass is 226 g/mol. The minimum absolute atomic E-state index is 0.666. The fourth-order valence-electron chi connectivity index (χ4n) is 2.31. The minimum atomic E-state index is 0.666. The number of hydrogen-bond donors (Lipinski definition) is 1. The molecule has 1 N–H and O–H groups in total. The van der Waals surface area contributed by atoms with Crippen LogP contribution in [0.1, 0.15) is 52.9 Å². The standard InChI is InChI=1S/C14H30N2/c1-12(2)9-10-16(4)13(3)11-15-14-7-5-6-8-14/h12-15H,5-11H2,1-4H3. The maximum absolute atomic E-state index is 3.71. The van der Waals surface area contributed by atoms with Crippen molar-refractivity contribution >= 4 is 0 Å². The highest BCUT2D eigenvalue weighted by Gasteiger charge is 2.16. The Morgan fingerprint density at radius 3 is 2.38 bits per heavy atom. The summed E-state index contributed by atoms with van der Waals surface area (Å²) in [6.45, 7) is 9.32. The summed E-state index contributed by atoms with van der Waals surface area (Å²) in [5, 5.41) is 3.71. The Hall–Kier alpha value is -0.0800. The normalized spacial score (nSPS) is 19.9. The van der Waals surface area contributed by atoms with Crippen LogP contribution in [0.2, 0.25) is 0 Å². The van der Waals surface area contributed by atoms with Crippen LogP contribution in [0, 0.1) is 5.92 Å². The number of rotatable bonds is 7. The zero-order valence-corrected chi connectivity index (χ0v) is 11.6. The second-order valence-corrected chi connectivity index (χ2v) is 5.90. The molecule has 0 amide bonds. The van der Waals surface area contributed by atoms with E-state index in [4.69, 9.17) is 0 Å². The van der Waals surface area contributed by atoms with Gasteiger partial charge in [0.15, 0.2) is 0 Å². The Labute approximate surface area is 102 Å². The summed E-state index contributed by atoms with van der Waals surface area (Å²) in [5.41, 5.74) is 0. The Morgan fingerprint density at radius 2 is 1.81 bits per heavy atom. The topological polar surface area (TPSA) is 15.3 Å². The maximum Gasteiger partial charge on any atom is 0.0189 e. The first kappa shape index (κ1) is 14.0. The summed E-state index contributed by atoms with van der Waals surface area (Å²) in [4.78, 5) is 2.49. The molecule has 16 heavy (non-hydrogen) atoms. The Morgan fingerprint density at radius 1 is 1.19 bits per heavy atom. The molecule has 96 valence electrons. The molecule has 0 aromatic carbocycles. The summed E-state index contributed by atoms with van der Waals surface area (Å²) < 4.78 is 0. The van der Waals surface area contributed by atoms with Gasteiger partial charge in [0, 0.05) is 18.6 Å². The van der Waals surface area contributed by atoms with Crippen molar-refractivity contribution in [3.8, 4) is 0 Å². The molecule has 1 rings (SSSR count). The van der Waals surface area contributed by atoms with Gasteiger partial charge in [0.1, 0.15) is 0 Å². The molecule has 0 spiro atoms. The first-order valence-corrected chi connectivity index (χ1v) is 7.03. The SMILES string of the molecule is CC(C)CCN(C)C(C)CNC1CCCC1. The molecule has 1 fully saturated rings. The van der Waals surface area contributed by atoms with E-state index in [1.54, 1.807) is 0 Å². The van der Waals surface area contributed by atoms with E-state index in [2.05, 4.69) is 38.0 Å². The molecule has 0 aromatic heterocycles. The van der Waals surface area contributed by atoms with Crippen molar-refractivity contribution in [3.05, 3.63) is 0 Å². The van der Waals surface area contributed by atoms with Gasteiger partial charge in [0.2, 0.25) is 0 Å². The van der Waals surface area contributed by atoms with Gasteiger partial charge in [0.25, 0.3) is 0 Å². The second-order valence-electron chi connectivity index (χ2n) is 5.90. The van der Waals surface area contributed by atoms with Crippen LogP contribution < -0.4 is 5.32 Å². The molecule has 1 aliphatic carbocycles. The third-order valence-electron chi connectivity index (χ3n) is 3.87. The molecule has 0 aromatic rings. The van der Waals surface area contributed by atoms with Crippen LogP contribution in [0.5, 0.6) is 0 Å². The molecule has 1 atom stereocenters. The van der Waals surface area contributed by atoms with Crippen molar-refractivity contribution < 1.29 is 0 Å². The van der Waals surface area contributed by atoms with E-state index in [1.807, 2.05) is 0 Å². The van der Waals surface area contributed by atoms with Crippen molar-refractivity contribution in [2.45, 2.75) is 65.0 Å². The molecule has 0 radical (unpaired) electrons. The summed E-state index contributed by atoms with van der Waals surface area (Å²) in [6.07, 6.45) is 6.94. The lowest BCUT2D eigenvalue weighted by Crippen LogP contribution is -2.41. The van der Waals surface area contributed by atoms with E-state index in [1.165, 1.54) is 38.6 Å². The molecule has 0 bridgehead atoms. The largest absolute Gasteiger partial charge is 0.312 e. The van der Waals surface area contributed by atoms with Gasteiger partial charge in [-0.2, -0.15) is 0 Å². The highest BCUT2D eigenvalue weighted by molar-refractivity contribution is 4.76. The molecule has 0 heterocycles. The van der Waals surface area contributed by atoms with Crippen LogP contribution in [0.4, 0.5) is 0 Å². The predicted molar refractivity (Wildman–Crippen MR) is 71.8 cm³/mol. The molecule has 0 saturated heterocycles. The first-order chi connectivity index (χ1) is 7.59. The fraction of sp³-hybridized carbons (Fsp3) is 1.00. The first-order valence-electron chi connectivity index (χ1n) is 7.03. The Bertz CT molecular complexity index is 174. The minimum Gasteiger partial charge on any atom is -0.312 e. The van der Waals surface area contributed by atoms with Crippen LogP contribution >= 0.6 is 0 Å². The van der Waals surface area contributed by atoms with Gasteiger partial charge in [-0.15, -0.1) is 0 Å². The van der Waals surface area contributed by atoms with E-state index >= 15 is 0 Å². The van der Waals surface area contributed by atoms with E-state index in [-0.39, 0.29) is 0 Å². The predicted octanol–water partition coefficient (Wildman–Crippen LogP) is 2.89. The number of hydrogen-bond acceptors (Lipinski definition) is 2. The van der Waals surface area contributed by atoms with Crippen LogP contribution in [-0.4, -0.2) is 37.1 Å². The van der Waals surface area contributed by atoms with Gasteiger partial charge in [-0.1, -0.05) is 26.7 Å². The fourth-order valence-corrected chi connectivity index (χ4v) is 2.31. The number of likely N-dealkylation sites (N-methyl/N-ethyl adjacent to an activating group) is 1. The van der Waals surface area contributed by atoms with Gasteiger partial charge < -0.3 is 10.2 Å². The maximum atomic E-state index is 3.71. The molecule has 2 nitrogen and oxygen atoms in total. The smallest absolute Gasteiger partial charge is 0.0189 e. The molecular formula is C14H30N2. The highest BCUT2D eigenvalue weighted by Crippen LogP contribution is 2.17. The van der Waals surface area contributed by atoms with Gasteiger partial charge in [-0.25, -0.2) is 0 Å². The summed E-state index contributed by atoms with van der Waals surface area (Å²) in [7, 11) is 2.25. The van der Waals surface area contributed by atoms with Crippen molar-refractivity contribution in [2.75, 3.05) is 20.1 Å². The van der Waals surface area contributed by atoms with Crippen LogP contribution in [0.15, 0.2) is 0 Å².